The Morgan fingerprint density at radius 2 is 1.48 bits per heavy atom. The molecule has 0 aliphatic carbocycles. The fourth-order valence-electron chi connectivity index (χ4n) is 3.15. The molecule has 0 radical (unpaired) electrons. The van der Waals surface area contributed by atoms with E-state index in [2.05, 4.69) is 10.6 Å². The number of amides is 2. The highest BCUT2D eigenvalue weighted by Gasteiger charge is 2.15. The summed E-state index contributed by atoms with van der Waals surface area (Å²) in [6.45, 7) is 0.471. The van der Waals surface area contributed by atoms with Crippen LogP contribution in [0.4, 0.5) is 5.69 Å². The van der Waals surface area contributed by atoms with Gasteiger partial charge in [0, 0.05) is 18.4 Å². The van der Waals surface area contributed by atoms with Crippen molar-refractivity contribution in [2.45, 2.75) is 12.2 Å². The van der Waals surface area contributed by atoms with Gasteiger partial charge in [0.15, 0.2) is 9.84 Å². The monoisotopic (exact) mass is 436 g/mol. The van der Waals surface area contributed by atoms with E-state index in [0.29, 0.717) is 35.3 Å². The lowest BCUT2D eigenvalue weighted by atomic mass is 10.1. The zero-order chi connectivity index (χ0) is 22.3. The summed E-state index contributed by atoms with van der Waals surface area (Å²) < 4.78 is 23.0. The molecule has 0 aromatic heterocycles. The topological polar surface area (TPSA) is 92.3 Å². The van der Waals surface area contributed by atoms with Gasteiger partial charge in [-0.3, -0.25) is 9.59 Å². The van der Waals surface area contributed by atoms with Gasteiger partial charge >= 0.3 is 0 Å². The summed E-state index contributed by atoms with van der Waals surface area (Å²) in [6.07, 6.45) is 1.85. The zero-order valence-corrected chi connectivity index (χ0v) is 18.0. The smallest absolute Gasteiger partial charge is 0.255 e. The molecule has 0 aliphatic rings. The summed E-state index contributed by atoms with van der Waals surface area (Å²) in [5.41, 5.74) is 2.72. The Kier molecular flexibility index (Phi) is 7.20. The van der Waals surface area contributed by atoms with Gasteiger partial charge in [0.25, 0.3) is 11.8 Å². The van der Waals surface area contributed by atoms with E-state index >= 15 is 0 Å². The molecule has 0 unspecified atom stereocenters. The summed E-state index contributed by atoms with van der Waals surface area (Å²) in [4.78, 5) is 25.4. The minimum absolute atomic E-state index is 0.144. The number of rotatable bonds is 8. The Bertz CT molecular complexity index is 1170. The molecule has 0 heterocycles. The van der Waals surface area contributed by atoms with Crippen LogP contribution >= 0.6 is 0 Å². The number of para-hydroxylation sites is 1. The van der Waals surface area contributed by atoms with Crippen molar-refractivity contribution >= 4 is 27.3 Å². The molecule has 3 aromatic carbocycles. The molecular weight excluding hydrogens is 412 g/mol. The molecule has 0 spiro atoms. The highest BCUT2D eigenvalue weighted by atomic mass is 32.2. The van der Waals surface area contributed by atoms with Crippen molar-refractivity contribution in [3.8, 4) is 0 Å². The third kappa shape index (κ3) is 6.79. The molecule has 0 fully saturated rings. The van der Waals surface area contributed by atoms with Gasteiger partial charge in [0.1, 0.15) is 0 Å². The quantitative estimate of drug-likeness (QED) is 0.566. The standard InChI is InChI=1S/C24H24N2O4S/c1-31(29,30)17-19-10-7-11-20(16-19)23(27)26-22-13-6-5-12-21(22)24(28)25-15-14-18-8-3-2-4-9-18/h2-13,16H,14-15,17H2,1H3,(H,25,28)(H,26,27). The molecule has 0 aliphatic heterocycles. The molecule has 2 N–H and O–H groups in total. The summed E-state index contributed by atoms with van der Waals surface area (Å²) in [7, 11) is -3.21. The van der Waals surface area contributed by atoms with Crippen LogP contribution < -0.4 is 10.6 Å². The number of carbonyl (C=O) groups is 2. The average molecular weight is 437 g/mol. The summed E-state index contributed by atoms with van der Waals surface area (Å²) in [6, 6.07) is 23.0. The van der Waals surface area contributed by atoms with Gasteiger partial charge in [0.2, 0.25) is 0 Å². The van der Waals surface area contributed by atoms with Crippen LogP contribution in [0.2, 0.25) is 0 Å². The molecule has 0 saturated heterocycles. The second-order valence-corrected chi connectivity index (χ2v) is 9.40. The summed E-state index contributed by atoms with van der Waals surface area (Å²) >= 11 is 0. The highest BCUT2D eigenvalue weighted by Crippen LogP contribution is 2.17. The number of nitrogens with one attached hydrogen (secondary N) is 2. The predicted molar refractivity (Wildman–Crippen MR) is 122 cm³/mol. The first-order chi connectivity index (χ1) is 14.8. The van der Waals surface area contributed by atoms with Crippen molar-refractivity contribution < 1.29 is 18.0 Å². The van der Waals surface area contributed by atoms with Crippen LogP contribution in [0.3, 0.4) is 0 Å². The molecule has 7 heteroatoms. The number of hydrogen-bond donors (Lipinski definition) is 2. The highest BCUT2D eigenvalue weighted by molar-refractivity contribution is 7.89. The lowest BCUT2D eigenvalue weighted by Crippen LogP contribution is -2.27. The number of benzene rings is 3. The first kappa shape index (κ1) is 22.2. The van der Waals surface area contributed by atoms with Crippen molar-refractivity contribution in [1.82, 2.24) is 5.32 Å². The van der Waals surface area contributed by atoms with Crippen molar-refractivity contribution in [2.24, 2.45) is 0 Å². The second-order valence-electron chi connectivity index (χ2n) is 7.26. The minimum atomic E-state index is -3.21. The molecule has 2 amide bonds. The van der Waals surface area contributed by atoms with E-state index in [9.17, 15) is 18.0 Å². The third-order valence-electron chi connectivity index (χ3n) is 4.58. The molecule has 3 rings (SSSR count). The van der Waals surface area contributed by atoms with Crippen LogP contribution in [0.1, 0.15) is 31.8 Å². The zero-order valence-electron chi connectivity index (χ0n) is 17.2. The van der Waals surface area contributed by atoms with Gasteiger partial charge in [-0.05, 0) is 41.8 Å². The van der Waals surface area contributed by atoms with Gasteiger partial charge in [-0.1, -0.05) is 54.6 Å². The molecule has 0 bridgehead atoms. The Hall–Kier alpha value is -3.45. The molecular formula is C24H24N2O4S. The van der Waals surface area contributed by atoms with Crippen molar-refractivity contribution in [2.75, 3.05) is 18.1 Å². The average Bonchev–Trinajstić information content (AvgIpc) is 2.74. The predicted octanol–water partition coefficient (Wildman–Crippen LogP) is 3.46. The number of anilines is 1. The minimum Gasteiger partial charge on any atom is -0.352 e. The maximum absolute atomic E-state index is 12.7. The lowest BCUT2D eigenvalue weighted by Gasteiger charge is -2.12. The van der Waals surface area contributed by atoms with Crippen LogP contribution in [0.5, 0.6) is 0 Å². The molecule has 160 valence electrons. The normalized spacial score (nSPS) is 11.0. The van der Waals surface area contributed by atoms with Crippen LogP contribution in [0, 0.1) is 0 Å². The van der Waals surface area contributed by atoms with E-state index in [-0.39, 0.29) is 11.7 Å². The fourth-order valence-corrected chi connectivity index (χ4v) is 3.94. The van der Waals surface area contributed by atoms with Gasteiger partial charge in [-0.25, -0.2) is 8.42 Å². The lowest BCUT2D eigenvalue weighted by molar-refractivity contribution is 0.0955. The Morgan fingerprint density at radius 1 is 0.806 bits per heavy atom. The maximum Gasteiger partial charge on any atom is 0.255 e. The van der Waals surface area contributed by atoms with Crippen LogP contribution in [-0.2, 0) is 22.0 Å². The summed E-state index contributed by atoms with van der Waals surface area (Å²) in [5, 5.41) is 5.64. The molecule has 0 atom stereocenters. The maximum atomic E-state index is 12.7. The largest absolute Gasteiger partial charge is 0.352 e. The van der Waals surface area contributed by atoms with E-state index in [0.717, 1.165) is 11.8 Å². The van der Waals surface area contributed by atoms with Gasteiger partial charge in [0.05, 0.1) is 17.0 Å². The van der Waals surface area contributed by atoms with E-state index in [1.807, 2.05) is 30.3 Å². The Morgan fingerprint density at radius 3 is 2.23 bits per heavy atom. The number of hydrogen-bond acceptors (Lipinski definition) is 4. The molecule has 0 saturated carbocycles. The molecule has 3 aromatic rings. The molecule has 31 heavy (non-hydrogen) atoms. The first-order valence-electron chi connectivity index (χ1n) is 9.81. The Labute approximate surface area is 182 Å². The summed E-state index contributed by atoms with van der Waals surface area (Å²) in [5.74, 6) is -0.841. The van der Waals surface area contributed by atoms with E-state index < -0.39 is 15.7 Å². The second kappa shape index (κ2) is 10.0. The first-order valence-corrected chi connectivity index (χ1v) is 11.9. The van der Waals surface area contributed by atoms with E-state index in [1.165, 1.54) is 0 Å². The Balaban J connectivity index is 1.68. The van der Waals surface area contributed by atoms with Gasteiger partial charge in [-0.15, -0.1) is 0 Å². The van der Waals surface area contributed by atoms with Gasteiger partial charge in [-0.2, -0.15) is 0 Å². The van der Waals surface area contributed by atoms with Crippen LogP contribution in [-0.4, -0.2) is 33.0 Å². The molecule has 6 nitrogen and oxygen atoms in total. The van der Waals surface area contributed by atoms with Crippen molar-refractivity contribution in [3.63, 3.8) is 0 Å². The van der Waals surface area contributed by atoms with Crippen LogP contribution in [0.25, 0.3) is 0 Å². The van der Waals surface area contributed by atoms with E-state index in [4.69, 9.17) is 0 Å². The van der Waals surface area contributed by atoms with Crippen LogP contribution in [0.15, 0.2) is 78.9 Å². The van der Waals surface area contributed by atoms with E-state index in [1.54, 1.807) is 48.5 Å². The number of sulfone groups is 1. The van der Waals surface area contributed by atoms with Crippen molar-refractivity contribution in [1.29, 1.82) is 0 Å². The van der Waals surface area contributed by atoms with Crippen molar-refractivity contribution in [3.05, 3.63) is 101 Å². The third-order valence-corrected chi connectivity index (χ3v) is 5.44. The van der Waals surface area contributed by atoms with Gasteiger partial charge < -0.3 is 10.6 Å². The number of carbonyl (C=O) groups excluding carboxylic acids is 2. The fraction of sp³-hybridized carbons (Fsp3) is 0.167. The SMILES string of the molecule is CS(=O)(=O)Cc1cccc(C(=O)Nc2ccccc2C(=O)NCCc2ccccc2)c1.